The van der Waals surface area contributed by atoms with Crippen LogP contribution in [0.5, 0.6) is 0 Å². The van der Waals surface area contributed by atoms with Crippen LogP contribution in [0, 0.1) is 0 Å². The van der Waals surface area contributed by atoms with E-state index in [-0.39, 0.29) is 12.5 Å². The zero-order chi connectivity index (χ0) is 18.0. The van der Waals surface area contributed by atoms with Gasteiger partial charge in [-0.05, 0) is 31.5 Å². The summed E-state index contributed by atoms with van der Waals surface area (Å²) >= 11 is 1.34. The van der Waals surface area contributed by atoms with Gasteiger partial charge in [-0.1, -0.05) is 18.2 Å². The van der Waals surface area contributed by atoms with E-state index in [4.69, 9.17) is 0 Å². The van der Waals surface area contributed by atoms with E-state index in [0.29, 0.717) is 23.0 Å². The van der Waals surface area contributed by atoms with Gasteiger partial charge >= 0.3 is 6.18 Å². The van der Waals surface area contributed by atoms with Crippen molar-refractivity contribution in [2.24, 2.45) is 0 Å². The Morgan fingerprint density at radius 2 is 2.12 bits per heavy atom. The molecule has 0 spiro atoms. The maximum atomic E-state index is 12.9. The van der Waals surface area contributed by atoms with E-state index in [2.05, 4.69) is 15.6 Å². The van der Waals surface area contributed by atoms with E-state index >= 15 is 0 Å². The molecule has 0 saturated heterocycles. The summed E-state index contributed by atoms with van der Waals surface area (Å²) in [5, 5.41) is 6.00. The van der Waals surface area contributed by atoms with E-state index in [1.54, 1.807) is 13.1 Å². The van der Waals surface area contributed by atoms with Crippen LogP contribution in [0.3, 0.4) is 0 Å². The molecule has 3 rings (SSSR count). The lowest BCUT2D eigenvalue weighted by molar-refractivity contribution is -0.137. The van der Waals surface area contributed by atoms with Crippen molar-refractivity contribution in [1.82, 2.24) is 10.3 Å². The fourth-order valence-electron chi connectivity index (χ4n) is 2.59. The van der Waals surface area contributed by atoms with Gasteiger partial charge in [0.05, 0.1) is 17.8 Å². The molecule has 1 saturated carbocycles. The molecule has 2 N–H and O–H groups in total. The maximum Gasteiger partial charge on any atom is 0.416 e. The number of carbonyl (C=O) groups is 1. The van der Waals surface area contributed by atoms with Crippen molar-refractivity contribution in [2.75, 3.05) is 18.9 Å². The molecule has 1 aromatic heterocycles. The number of hydrogen-bond acceptors (Lipinski definition) is 4. The predicted octanol–water partition coefficient (Wildman–Crippen LogP) is 3.79. The average Bonchev–Trinajstić information content (AvgIpc) is 3.30. The zero-order valence-electron chi connectivity index (χ0n) is 13.6. The van der Waals surface area contributed by atoms with Crippen LogP contribution >= 0.6 is 11.3 Å². The Labute approximate surface area is 147 Å². The number of alkyl halides is 3. The summed E-state index contributed by atoms with van der Waals surface area (Å²) in [6.45, 7) is 0.182. The van der Waals surface area contributed by atoms with Crippen molar-refractivity contribution in [3.63, 3.8) is 0 Å². The van der Waals surface area contributed by atoms with Gasteiger partial charge in [0.1, 0.15) is 0 Å². The third kappa shape index (κ3) is 4.58. The van der Waals surface area contributed by atoms with Crippen molar-refractivity contribution < 1.29 is 18.0 Å². The summed E-state index contributed by atoms with van der Waals surface area (Å²) in [4.78, 5) is 17.1. The molecule has 0 radical (unpaired) electrons. The minimum absolute atomic E-state index is 0.182. The van der Waals surface area contributed by atoms with Gasteiger partial charge in [-0.2, -0.15) is 13.2 Å². The molecule has 1 amide bonds. The van der Waals surface area contributed by atoms with Crippen LogP contribution in [-0.2, 0) is 17.4 Å². The third-order valence-electron chi connectivity index (χ3n) is 3.89. The first-order valence-corrected chi connectivity index (χ1v) is 8.78. The Morgan fingerprint density at radius 3 is 2.76 bits per heavy atom. The summed E-state index contributed by atoms with van der Waals surface area (Å²) in [5.74, 6) is 0.163. The second-order valence-corrected chi connectivity index (χ2v) is 7.14. The maximum absolute atomic E-state index is 12.9. The fraction of sp³-hybridized carbons (Fsp3) is 0.412. The van der Waals surface area contributed by atoms with Crippen LogP contribution in [0.4, 0.5) is 18.3 Å². The fourth-order valence-corrected chi connectivity index (χ4v) is 3.68. The Kier molecular flexibility index (Phi) is 5.10. The highest BCUT2D eigenvalue weighted by molar-refractivity contribution is 7.15. The van der Waals surface area contributed by atoms with Gasteiger partial charge in [0.2, 0.25) is 5.91 Å². The lowest BCUT2D eigenvalue weighted by Gasteiger charge is -2.08. The monoisotopic (exact) mass is 369 g/mol. The number of carbonyl (C=O) groups excluding carboxylic acids is 1. The molecule has 1 heterocycles. The summed E-state index contributed by atoms with van der Waals surface area (Å²) in [5.41, 5.74) is 0.848. The molecule has 1 aliphatic carbocycles. The minimum Gasteiger partial charge on any atom is -0.311 e. The molecular formula is C17H18F3N3OS. The summed E-state index contributed by atoms with van der Waals surface area (Å²) in [7, 11) is 1.68. The molecule has 0 atom stereocenters. The number of anilines is 1. The number of amides is 1. The van der Waals surface area contributed by atoms with Crippen LogP contribution < -0.4 is 10.6 Å². The lowest BCUT2D eigenvalue weighted by Crippen LogP contribution is -2.24. The van der Waals surface area contributed by atoms with Gasteiger partial charge in [0.25, 0.3) is 0 Å². The lowest BCUT2D eigenvalue weighted by atomic mass is 10.1. The average molecular weight is 369 g/mol. The van der Waals surface area contributed by atoms with E-state index in [9.17, 15) is 18.0 Å². The SMILES string of the molecule is CNCC(=O)Nc1nc(C2CC2)c(Cc2cccc(C(F)(F)F)c2)s1. The second-order valence-electron chi connectivity index (χ2n) is 6.06. The highest BCUT2D eigenvalue weighted by Gasteiger charge is 2.32. The number of nitrogens with zero attached hydrogens (tertiary/aromatic N) is 1. The number of thiazole rings is 1. The number of likely N-dealkylation sites (N-methyl/N-ethyl adjacent to an activating group) is 1. The molecule has 134 valence electrons. The Balaban J connectivity index is 1.82. The topological polar surface area (TPSA) is 54.0 Å². The van der Waals surface area contributed by atoms with Crippen LogP contribution in [0.25, 0.3) is 0 Å². The standard InChI is InChI=1S/C17H18F3N3OS/c1-21-9-14(24)22-16-23-15(11-5-6-11)13(25-16)8-10-3-2-4-12(7-10)17(18,19)20/h2-4,7,11,21H,5-6,8-9H2,1H3,(H,22,23,24). The zero-order valence-corrected chi connectivity index (χ0v) is 14.4. The largest absolute Gasteiger partial charge is 0.416 e. The van der Waals surface area contributed by atoms with Crippen molar-refractivity contribution in [3.05, 3.63) is 46.0 Å². The number of hydrogen-bond donors (Lipinski definition) is 2. The van der Waals surface area contributed by atoms with Gasteiger partial charge in [-0.15, -0.1) is 11.3 Å². The number of halogens is 3. The number of aromatic nitrogens is 1. The molecule has 1 aromatic carbocycles. The quantitative estimate of drug-likeness (QED) is 0.815. The first-order valence-electron chi connectivity index (χ1n) is 7.97. The highest BCUT2D eigenvalue weighted by atomic mass is 32.1. The Bertz CT molecular complexity index is 769. The van der Waals surface area contributed by atoms with Crippen molar-refractivity contribution in [2.45, 2.75) is 31.4 Å². The number of nitrogens with one attached hydrogen (secondary N) is 2. The van der Waals surface area contributed by atoms with E-state index in [1.165, 1.54) is 23.5 Å². The van der Waals surface area contributed by atoms with Gasteiger partial charge in [0, 0.05) is 17.2 Å². The van der Waals surface area contributed by atoms with Crippen LogP contribution in [0.2, 0.25) is 0 Å². The minimum atomic E-state index is -4.35. The molecule has 1 aliphatic rings. The Morgan fingerprint density at radius 1 is 1.36 bits per heavy atom. The molecule has 0 unspecified atom stereocenters. The first-order chi connectivity index (χ1) is 11.9. The number of benzene rings is 1. The predicted molar refractivity (Wildman–Crippen MR) is 90.9 cm³/mol. The highest BCUT2D eigenvalue weighted by Crippen LogP contribution is 2.44. The summed E-state index contributed by atoms with van der Waals surface area (Å²) in [6.07, 6.45) is -1.91. The Hall–Kier alpha value is -1.93. The van der Waals surface area contributed by atoms with Crippen molar-refractivity contribution >= 4 is 22.4 Å². The molecule has 25 heavy (non-hydrogen) atoms. The van der Waals surface area contributed by atoms with Gasteiger partial charge < -0.3 is 10.6 Å². The van der Waals surface area contributed by atoms with Crippen LogP contribution in [-0.4, -0.2) is 24.5 Å². The summed E-state index contributed by atoms with van der Waals surface area (Å²) < 4.78 is 38.6. The molecular weight excluding hydrogens is 351 g/mol. The molecule has 1 fully saturated rings. The van der Waals surface area contributed by atoms with Crippen LogP contribution in [0.1, 0.15) is 40.5 Å². The smallest absolute Gasteiger partial charge is 0.311 e. The second kappa shape index (κ2) is 7.13. The number of rotatable bonds is 6. The van der Waals surface area contributed by atoms with Gasteiger partial charge in [-0.3, -0.25) is 4.79 Å². The molecule has 8 heteroatoms. The molecule has 0 bridgehead atoms. The molecule has 4 nitrogen and oxygen atoms in total. The molecule has 0 aliphatic heterocycles. The normalized spacial score (nSPS) is 14.6. The van der Waals surface area contributed by atoms with Gasteiger partial charge in [-0.25, -0.2) is 4.98 Å². The van der Waals surface area contributed by atoms with E-state index in [1.807, 2.05) is 0 Å². The van der Waals surface area contributed by atoms with Gasteiger partial charge in [0.15, 0.2) is 5.13 Å². The van der Waals surface area contributed by atoms with Crippen LogP contribution in [0.15, 0.2) is 24.3 Å². The van der Waals surface area contributed by atoms with E-state index in [0.717, 1.165) is 29.5 Å². The third-order valence-corrected chi connectivity index (χ3v) is 4.88. The van der Waals surface area contributed by atoms with Crippen molar-refractivity contribution in [1.29, 1.82) is 0 Å². The molecule has 2 aromatic rings. The van der Waals surface area contributed by atoms with Crippen molar-refractivity contribution in [3.8, 4) is 0 Å². The van der Waals surface area contributed by atoms with E-state index < -0.39 is 11.7 Å². The first kappa shape index (κ1) is 17.9. The summed E-state index contributed by atoms with van der Waals surface area (Å²) in [6, 6.07) is 5.35.